The Morgan fingerprint density at radius 2 is 2.08 bits per heavy atom. The third-order valence-electron chi connectivity index (χ3n) is 7.88. The second-order valence-electron chi connectivity index (χ2n) is 11.0. The standard InChI is InChI=1S/C27H31ClFN5O2/c1-15(2)11-33-19-6-16(3)24(33)9-20(8-19)36-25-7-18(29)4-5-21(25)27(35)32-13-22-23(14-32)31-34-12-17(28)10-30-26(22)34/h4-5,7,10,12,15-16,19-20,24H,6,8-9,11,13-14H2,1-3H3. The molecule has 1 aromatic carbocycles. The van der Waals surface area contributed by atoms with E-state index < -0.39 is 5.82 Å². The second kappa shape index (κ2) is 8.99. The molecule has 0 aliphatic carbocycles. The molecule has 3 aliphatic heterocycles. The first kappa shape index (κ1) is 23.7. The smallest absolute Gasteiger partial charge is 0.258 e. The Hall–Kier alpha value is -2.71. The fourth-order valence-electron chi connectivity index (χ4n) is 6.38. The molecule has 6 rings (SSSR count). The van der Waals surface area contributed by atoms with E-state index >= 15 is 0 Å². The molecule has 7 nitrogen and oxygen atoms in total. The SMILES string of the molecule is CC(C)CN1C2CC(Oc3cc(F)ccc3C(=O)N3Cc4nn5cc(Cl)cnc5c4C3)CC1C(C)C2. The van der Waals surface area contributed by atoms with Gasteiger partial charge in [-0.1, -0.05) is 32.4 Å². The Balaban J connectivity index is 1.21. The van der Waals surface area contributed by atoms with Crippen LogP contribution in [0, 0.1) is 17.7 Å². The molecular weight excluding hydrogens is 481 g/mol. The largest absolute Gasteiger partial charge is 0.489 e. The van der Waals surface area contributed by atoms with Gasteiger partial charge in [0, 0.05) is 42.9 Å². The lowest BCUT2D eigenvalue weighted by Gasteiger charge is -2.40. The number of hydrogen-bond donors (Lipinski definition) is 0. The van der Waals surface area contributed by atoms with Gasteiger partial charge in [0.15, 0.2) is 5.65 Å². The van der Waals surface area contributed by atoms with Gasteiger partial charge in [0.25, 0.3) is 5.91 Å². The molecule has 0 spiro atoms. The number of aromatic nitrogens is 3. The third kappa shape index (κ3) is 4.14. The molecule has 1 amide bonds. The average molecular weight is 512 g/mol. The summed E-state index contributed by atoms with van der Waals surface area (Å²) in [5.41, 5.74) is 2.79. The Bertz CT molecular complexity index is 1330. The Morgan fingerprint density at radius 3 is 2.86 bits per heavy atom. The van der Waals surface area contributed by atoms with Crippen LogP contribution in [0.15, 0.2) is 30.6 Å². The molecule has 4 unspecified atom stereocenters. The second-order valence-corrected chi connectivity index (χ2v) is 11.4. The van der Waals surface area contributed by atoms with Crippen LogP contribution in [-0.2, 0) is 13.1 Å². The van der Waals surface area contributed by atoms with E-state index in [2.05, 4.69) is 35.8 Å². The van der Waals surface area contributed by atoms with Gasteiger partial charge in [0.1, 0.15) is 17.7 Å². The summed E-state index contributed by atoms with van der Waals surface area (Å²) in [5.74, 6) is 0.965. The molecule has 2 aromatic heterocycles. The van der Waals surface area contributed by atoms with Gasteiger partial charge in [-0.05, 0) is 36.8 Å². The molecular formula is C27H31ClFN5O2. The molecule has 3 aromatic rings. The third-order valence-corrected chi connectivity index (χ3v) is 8.07. The van der Waals surface area contributed by atoms with Crippen LogP contribution in [0.2, 0.25) is 5.02 Å². The van der Waals surface area contributed by atoms with Crippen molar-refractivity contribution in [1.29, 1.82) is 0 Å². The fraction of sp³-hybridized carbons (Fsp3) is 0.519. The van der Waals surface area contributed by atoms with Crippen molar-refractivity contribution in [3.8, 4) is 5.75 Å². The molecule has 0 saturated carbocycles. The van der Waals surface area contributed by atoms with Crippen molar-refractivity contribution in [2.75, 3.05) is 6.54 Å². The van der Waals surface area contributed by atoms with Crippen molar-refractivity contribution in [2.24, 2.45) is 11.8 Å². The highest BCUT2D eigenvalue weighted by atomic mass is 35.5. The van der Waals surface area contributed by atoms with Gasteiger partial charge in [-0.2, -0.15) is 5.10 Å². The Morgan fingerprint density at radius 1 is 1.25 bits per heavy atom. The van der Waals surface area contributed by atoms with Gasteiger partial charge in [0.05, 0.1) is 35.6 Å². The van der Waals surface area contributed by atoms with Gasteiger partial charge in [-0.3, -0.25) is 9.69 Å². The van der Waals surface area contributed by atoms with Gasteiger partial charge in [-0.25, -0.2) is 13.9 Å². The van der Waals surface area contributed by atoms with E-state index in [1.54, 1.807) is 27.9 Å². The molecule has 2 fully saturated rings. The lowest BCUT2D eigenvalue weighted by atomic mass is 9.96. The molecule has 9 heteroatoms. The summed E-state index contributed by atoms with van der Waals surface area (Å²) in [5, 5.41) is 5.05. The quantitative estimate of drug-likeness (QED) is 0.485. The van der Waals surface area contributed by atoms with Crippen molar-refractivity contribution in [3.63, 3.8) is 0 Å². The van der Waals surface area contributed by atoms with Crippen LogP contribution in [0.25, 0.3) is 5.65 Å². The number of amides is 1. The van der Waals surface area contributed by atoms with Crippen LogP contribution < -0.4 is 4.74 Å². The maximum Gasteiger partial charge on any atom is 0.258 e. The molecule has 2 bridgehead atoms. The topological polar surface area (TPSA) is 63.0 Å². The number of benzene rings is 1. The molecule has 3 aliphatic rings. The maximum absolute atomic E-state index is 14.3. The summed E-state index contributed by atoms with van der Waals surface area (Å²) in [6, 6.07) is 5.17. The van der Waals surface area contributed by atoms with Crippen molar-refractivity contribution >= 4 is 23.2 Å². The zero-order chi connectivity index (χ0) is 25.1. The Kier molecular flexibility index (Phi) is 5.91. The predicted octanol–water partition coefficient (Wildman–Crippen LogP) is 4.95. The zero-order valence-corrected chi connectivity index (χ0v) is 21.6. The van der Waals surface area contributed by atoms with Crippen LogP contribution in [-0.4, -0.2) is 55.0 Å². The zero-order valence-electron chi connectivity index (χ0n) is 20.8. The lowest BCUT2D eigenvalue weighted by molar-refractivity contribution is 0.0359. The molecule has 5 heterocycles. The summed E-state index contributed by atoms with van der Waals surface area (Å²) in [7, 11) is 0. The van der Waals surface area contributed by atoms with Crippen molar-refractivity contribution in [3.05, 3.63) is 58.3 Å². The van der Waals surface area contributed by atoms with Crippen LogP contribution in [0.1, 0.15) is 61.6 Å². The van der Waals surface area contributed by atoms with Crippen LogP contribution in [0.3, 0.4) is 0 Å². The summed E-state index contributed by atoms with van der Waals surface area (Å²) in [6.07, 6.45) is 6.22. The summed E-state index contributed by atoms with van der Waals surface area (Å²) >= 11 is 6.04. The first-order valence-corrected chi connectivity index (χ1v) is 13.2. The molecule has 190 valence electrons. The number of fused-ring (bicyclic) bond motifs is 5. The molecule has 0 N–H and O–H groups in total. The number of rotatable bonds is 5. The van der Waals surface area contributed by atoms with Crippen molar-refractivity contribution in [2.45, 2.75) is 71.3 Å². The lowest BCUT2D eigenvalue weighted by Crippen LogP contribution is -2.48. The maximum atomic E-state index is 14.3. The first-order chi connectivity index (χ1) is 17.3. The minimum Gasteiger partial charge on any atom is -0.489 e. The van der Waals surface area contributed by atoms with Gasteiger partial charge in [-0.15, -0.1) is 0 Å². The minimum atomic E-state index is -0.404. The normalized spacial score (nSPS) is 25.7. The predicted molar refractivity (Wildman–Crippen MR) is 135 cm³/mol. The average Bonchev–Trinajstić information content (AvgIpc) is 3.41. The number of nitrogens with zero attached hydrogens (tertiary/aromatic N) is 5. The highest BCUT2D eigenvalue weighted by Gasteiger charge is 2.45. The monoisotopic (exact) mass is 511 g/mol. The van der Waals surface area contributed by atoms with Gasteiger partial charge in [0.2, 0.25) is 0 Å². The van der Waals surface area contributed by atoms with E-state index in [1.807, 2.05) is 0 Å². The van der Waals surface area contributed by atoms with Crippen LogP contribution in [0.4, 0.5) is 4.39 Å². The van der Waals surface area contributed by atoms with Gasteiger partial charge < -0.3 is 9.64 Å². The van der Waals surface area contributed by atoms with Crippen LogP contribution >= 0.6 is 11.6 Å². The van der Waals surface area contributed by atoms with E-state index in [0.717, 1.165) is 30.6 Å². The highest BCUT2D eigenvalue weighted by molar-refractivity contribution is 6.30. The number of carbonyl (C=O) groups is 1. The number of piperidine rings is 1. The first-order valence-electron chi connectivity index (χ1n) is 12.8. The van der Waals surface area contributed by atoms with Gasteiger partial charge >= 0.3 is 0 Å². The molecule has 0 radical (unpaired) electrons. The van der Waals surface area contributed by atoms with Crippen LogP contribution in [0.5, 0.6) is 5.75 Å². The summed E-state index contributed by atoms with van der Waals surface area (Å²) < 4.78 is 22.4. The highest BCUT2D eigenvalue weighted by Crippen LogP contribution is 2.41. The van der Waals surface area contributed by atoms with Crippen molar-refractivity contribution in [1.82, 2.24) is 24.4 Å². The minimum absolute atomic E-state index is 0.0318. The number of carbonyl (C=O) groups excluding carboxylic acids is 1. The van der Waals surface area contributed by atoms with E-state index in [9.17, 15) is 9.18 Å². The van der Waals surface area contributed by atoms with E-state index in [4.69, 9.17) is 16.3 Å². The van der Waals surface area contributed by atoms with E-state index in [0.29, 0.717) is 59.0 Å². The summed E-state index contributed by atoms with van der Waals surface area (Å²) in [6.45, 7) is 8.68. The molecule has 4 atom stereocenters. The fourth-order valence-corrected chi connectivity index (χ4v) is 6.52. The number of ether oxygens (including phenoxy) is 1. The Labute approximate surface area is 215 Å². The van der Waals surface area contributed by atoms with Crippen molar-refractivity contribution < 1.29 is 13.9 Å². The summed E-state index contributed by atoms with van der Waals surface area (Å²) in [4.78, 5) is 22.3. The molecule has 2 saturated heterocycles. The van der Waals surface area contributed by atoms with E-state index in [-0.39, 0.29) is 12.0 Å². The number of hydrogen-bond acceptors (Lipinski definition) is 5. The van der Waals surface area contributed by atoms with E-state index in [1.165, 1.54) is 18.6 Å². The molecule has 36 heavy (non-hydrogen) atoms. The number of halogens is 2.